The van der Waals surface area contributed by atoms with Gasteiger partial charge in [-0.25, -0.2) is 4.79 Å². The lowest BCUT2D eigenvalue weighted by molar-refractivity contribution is -0.111. The molecule has 0 saturated carbocycles. The molecule has 0 spiro atoms. The number of nitrogens with one attached hydrogen (secondary N) is 1. The summed E-state index contributed by atoms with van der Waals surface area (Å²) in [5.41, 5.74) is 1.85. The van der Waals surface area contributed by atoms with E-state index in [4.69, 9.17) is 14.2 Å². The zero-order valence-corrected chi connectivity index (χ0v) is 17.9. The van der Waals surface area contributed by atoms with Gasteiger partial charge in [0.15, 0.2) is 11.5 Å². The predicted molar refractivity (Wildman–Crippen MR) is 118 cm³/mol. The first kappa shape index (κ1) is 23.0. The normalized spacial score (nSPS) is 10.8. The van der Waals surface area contributed by atoms with Crippen molar-refractivity contribution in [3.63, 3.8) is 0 Å². The Morgan fingerprint density at radius 1 is 1.07 bits per heavy atom. The van der Waals surface area contributed by atoms with Crippen LogP contribution in [-0.4, -0.2) is 32.2 Å². The second-order valence-corrected chi connectivity index (χ2v) is 7.15. The summed E-state index contributed by atoms with van der Waals surface area (Å²) < 4.78 is 16.2. The first-order valence-corrected chi connectivity index (χ1v) is 10.00. The Bertz CT molecular complexity index is 872. The van der Waals surface area contributed by atoms with E-state index in [9.17, 15) is 9.59 Å². The summed E-state index contributed by atoms with van der Waals surface area (Å²) in [5, 5.41) is 2.76. The first-order valence-electron chi connectivity index (χ1n) is 10.00. The Labute approximate surface area is 177 Å². The molecule has 0 aliphatic rings. The molecule has 0 fully saturated rings. The van der Waals surface area contributed by atoms with Crippen molar-refractivity contribution < 1.29 is 23.8 Å². The minimum absolute atomic E-state index is 0.277. The van der Waals surface area contributed by atoms with Crippen LogP contribution in [0, 0.1) is 5.92 Å². The molecule has 2 rings (SSSR count). The summed E-state index contributed by atoms with van der Waals surface area (Å²) in [6, 6.07) is 12.1. The highest BCUT2D eigenvalue weighted by molar-refractivity contribution is 6.02. The van der Waals surface area contributed by atoms with E-state index in [0.717, 1.165) is 12.0 Å². The molecule has 2 aromatic rings. The van der Waals surface area contributed by atoms with Crippen molar-refractivity contribution in [2.24, 2.45) is 5.92 Å². The highest BCUT2D eigenvalue weighted by Crippen LogP contribution is 2.28. The van der Waals surface area contributed by atoms with Crippen LogP contribution in [0.3, 0.4) is 0 Å². The molecule has 0 aliphatic heterocycles. The number of esters is 1. The van der Waals surface area contributed by atoms with Gasteiger partial charge in [-0.05, 0) is 60.4 Å². The van der Waals surface area contributed by atoms with Crippen LogP contribution in [0.25, 0.3) is 6.08 Å². The fourth-order valence-corrected chi connectivity index (χ4v) is 2.49. The number of carbonyl (C=O) groups excluding carboxylic acids is 2. The first-order chi connectivity index (χ1) is 14.4. The molecule has 1 N–H and O–H groups in total. The topological polar surface area (TPSA) is 73.9 Å². The summed E-state index contributed by atoms with van der Waals surface area (Å²) in [6.45, 7) is 6.98. The smallest absolute Gasteiger partial charge is 0.338 e. The molecule has 0 aromatic heterocycles. The molecule has 0 heterocycles. The van der Waals surface area contributed by atoms with Crippen molar-refractivity contribution in [2.75, 3.05) is 25.6 Å². The molecular formula is C24H29NO5. The zero-order valence-electron chi connectivity index (χ0n) is 17.9. The van der Waals surface area contributed by atoms with Gasteiger partial charge < -0.3 is 19.5 Å². The summed E-state index contributed by atoms with van der Waals surface area (Å²) in [6.07, 6.45) is 4.04. The maximum atomic E-state index is 12.2. The lowest BCUT2D eigenvalue weighted by Crippen LogP contribution is -2.11. The average Bonchev–Trinajstić information content (AvgIpc) is 2.75. The molecule has 6 heteroatoms. The van der Waals surface area contributed by atoms with Crippen molar-refractivity contribution in [3.8, 4) is 11.5 Å². The molecule has 160 valence electrons. The fourth-order valence-electron chi connectivity index (χ4n) is 2.49. The minimum Gasteiger partial charge on any atom is -0.493 e. The van der Waals surface area contributed by atoms with Crippen molar-refractivity contribution in [2.45, 2.75) is 27.2 Å². The molecule has 0 radical (unpaired) electrons. The molecule has 1 amide bonds. The van der Waals surface area contributed by atoms with Crippen molar-refractivity contribution in [3.05, 3.63) is 59.7 Å². The van der Waals surface area contributed by atoms with Gasteiger partial charge in [0, 0.05) is 11.8 Å². The lowest BCUT2D eigenvalue weighted by atomic mass is 10.2. The van der Waals surface area contributed by atoms with E-state index in [1.165, 1.54) is 6.08 Å². The SMILES string of the molecule is CCCOc1ccc(C=CC(=O)Nc2ccc(C(=O)OCC(C)C)cc2)cc1OC. The number of benzene rings is 2. The Kier molecular flexibility index (Phi) is 8.94. The van der Waals surface area contributed by atoms with Crippen LogP contribution in [0.15, 0.2) is 48.5 Å². The van der Waals surface area contributed by atoms with E-state index in [0.29, 0.717) is 36.0 Å². The quantitative estimate of drug-likeness (QED) is 0.442. The maximum Gasteiger partial charge on any atom is 0.338 e. The highest BCUT2D eigenvalue weighted by atomic mass is 16.5. The third-order valence-electron chi connectivity index (χ3n) is 4.01. The van der Waals surface area contributed by atoms with Crippen molar-refractivity contribution >= 4 is 23.6 Å². The number of rotatable bonds is 10. The standard InChI is InChI=1S/C24H29NO5/c1-5-14-29-21-12-6-18(15-22(21)28-4)7-13-23(26)25-20-10-8-19(9-11-20)24(27)30-16-17(2)3/h6-13,15,17H,5,14,16H2,1-4H3,(H,25,26). The van der Waals surface area contributed by atoms with E-state index < -0.39 is 0 Å². The van der Waals surface area contributed by atoms with Gasteiger partial charge in [0.05, 0.1) is 25.9 Å². The molecule has 0 bridgehead atoms. The Morgan fingerprint density at radius 2 is 1.80 bits per heavy atom. The monoisotopic (exact) mass is 411 g/mol. The number of amides is 1. The number of carbonyl (C=O) groups is 2. The van der Waals surface area contributed by atoms with Gasteiger partial charge in [-0.2, -0.15) is 0 Å². The zero-order chi connectivity index (χ0) is 21.9. The van der Waals surface area contributed by atoms with Crippen LogP contribution in [0.5, 0.6) is 11.5 Å². The number of hydrogen-bond donors (Lipinski definition) is 1. The van der Waals surface area contributed by atoms with Gasteiger partial charge in [0.2, 0.25) is 5.91 Å². The summed E-state index contributed by atoms with van der Waals surface area (Å²) in [5.74, 6) is 0.912. The van der Waals surface area contributed by atoms with E-state index >= 15 is 0 Å². The van der Waals surface area contributed by atoms with Gasteiger partial charge in [0.25, 0.3) is 0 Å². The van der Waals surface area contributed by atoms with E-state index in [2.05, 4.69) is 5.32 Å². The van der Waals surface area contributed by atoms with Gasteiger partial charge in [-0.1, -0.05) is 26.8 Å². The summed E-state index contributed by atoms with van der Waals surface area (Å²) >= 11 is 0. The molecule has 30 heavy (non-hydrogen) atoms. The minimum atomic E-state index is -0.373. The van der Waals surface area contributed by atoms with Gasteiger partial charge in [-0.3, -0.25) is 4.79 Å². The second kappa shape index (κ2) is 11.7. The molecular weight excluding hydrogens is 382 g/mol. The predicted octanol–water partition coefficient (Wildman–Crippen LogP) is 4.95. The highest BCUT2D eigenvalue weighted by Gasteiger charge is 2.09. The Morgan fingerprint density at radius 3 is 2.43 bits per heavy atom. The van der Waals surface area contributed by atoms with Crippen LogP contribution >= 0.6 is 0 Å². The number of hydrogen-bond acceptors (Lipinski definition) is 5. The molecule has 0 unspecified atom stereocenters. The average molecular weight is 411 g/mol. The summed E-state index contributed by atoms with van der Waals surface area (Å²) in [7, 11) is 1.58. The third kappa shape index (κ3) is 7.28. The van der Waals surface area contributed by atoms with Crippen molar-refractivity contribution in [1.82, 2.24) is 0 Å². The fraction of sp³-hybridized carbons (Fsp3) is 0.333. The molecule has 0 aliphatic carbocycles. The number of anilines is 1. The molecule has 0 saturated heterocycles. The van der Waals surface area contributed by atoms with E-state index in [-0.39, 0.29) is 17.8 Å². The largest absolute Gasteiger partial charge is 0.493 e. The molecule has 6 nitrogen and oxygen atoms in total. The molecule has 0 atom stereocenters. The van der Waals surface area contributed by atoms with Crippen molar-refractivity contribution in [1.29, 1.82) is 0 Å². The third-order valence-corrected chi connectivity index (χ3v) is 4.01. The maximum absolute atomic E-state index is 12.2. The van der Waals surface area contributed by atoms with Gasteiger partial charge in [0.1, 0.15) is 0 Å². The molecule has 2 aromatic carbocycles. The van der Waals surface area contributed by atoms with Crippen LogP contribution in [0.2, 0.25) is 0 Å². The van der Waals surface area contributed by atoms with E-state index in [1.54, 1.807) is 37.5 Å². The van der Waals surface area contributed by atoms with Gasteiger partial charge >= 0.3 is 5.97 Å². The van der Waals surface area contributed by atoms with Gasteiger partial charge in [-0.15, -0.1) is 0 Å². The number of methoxy groups -OCH3 is 1. The van der Waals surface area contributed by atoms with Crippen LogP contribution in [-0.2, 0) is 9.53 Å². The summed E-state index contributed by atoms with van der Waals surface area (Å²) in [4.78, 5) is 24.1. The lowest BCUT2D eigenvalue weighted by Gasteiger charge is -2.10. The van der Waals surface area contributed by atoms with E-state index in [1.807, 2.05) is 39.0 Å². The van der Waals surface area contributed by atoms with Crippen LogP contribution in [0.1, 0.15) is 43.1 Å². The van der Waals surface area contributed by atoms with Crippen LogP contribution in [0.4, 0.5) is 5.69 Å². The van der Waals surface area contributed by atoms with Crippen LogP contribution < -0.4 is 14.8 Å². The Hall–Kier alpha value is -3.28. The Balaban J connectivity index is 1.95. The number of ether oxygens (including phenoxy) is 3. The second-order valence-electron chi connectivity index (χ2n) is 7.15.